The predicted octanol–water partition coefficient (Wildman–Crippen LogP) is 0.416. The summed E-state index contributed by atoms with van der Waals surface area (Å²) in [5, 5.41) is 4.51. The monoisotopic (exact) mass is 205 g/mol. The fourth-order valence-corrected chi connectivity index (χ4v) is 1.56. The molecule has 78 valence electrons. The van der Waals surface area contributed by atoms with Crippen LogP contribution in [-0.2, 0) is 6.42 Å². The molecule has 0 atom stereocenters. The highest BCUT2D eigenvalue weighted by Crippen LogP contribution is 2.10. The van der Waals surface area contributed by atoms with E-state index in [-0.39, 0.29) is 0 Å². The maximum absolute atomic E-state index is 11.4. The van der Waals surface area contributed by atoms with Gasteiger partial charge in [0.05, 0.1) is 5.69 Å². The Labute approximate surface area is 85.4 Å². The molecule has 5 heteroatoms. The fraction of sp³-hybridized carbons (Fsp3) is 0.200. The molecular weight excluding hydrogens is 194 g/mol. The quantitative estimate of drug-likeness (QED) is 0.745. The number of aromatic nitrogens is 3. The van der Waals surface area contributed by atoms with Gasteiger partial charge in [0.25, 0.3) is 0 Å². The third kappa shape index (κ3) is 1.52. The molecule has 2 N–H and O–H groups in total. The number of nitrogens with one attached hydrogen (secondary N) is 2. The van der Waals surface area contributed by atoms with Gasteiger partial charge in [-0.3, -0.25) is 0 Å². The van der Waals surface area contributed by atoms with Crippen LogP contribution in [0.15, 0.2) is 33.9 Å². The highest BCUT2D eigenvalue weighted by Gasteiger charge is 2.08. The van der Waals surface area contributed by atoms with Gasteiger partial charge in [-0.15, -0.1) is 0 Å². The van der Waals surface area contributed by atoms with Gasteiger partial charge in [-0.1, -0.05) is 25.1 Å². The molecule has 0 aliphatic carbocycles. The minimum Gasteiger partial charge on any atom is -0.247 e. The van der Waals surface area contributed by atoms with Crippen LogP contribution in [0.5, 0.6) is 0 Å². The molecule has 0 bridgehead atoms. The fourth-order valence-electron chi connectivity index (χ4n) is 1.56. The zero-order valence-electron chi connectivity index (χ0n) is 8.28. The number of aryl methyl sites for hydroxylation is 1. The molecule has 1 heterocycles. The number of rotatable bonds is 2. The molecular formula is C10H11N3O2. The van der Waals surface area contributed by atoms with Gasteiger partial charge >= 0.3 is 11.4 Å². The lowest BCUT2D eigenvalue weighted by Crippen LogP contribution is -2.25. The summed E-state index contributed by atoms with van der Waals surface area (Å²) >= 11 is 0. The number of hydrogen-bond acceptors (Lipinski definition) is 2. The van der Waals surface area contributed by atoms with E-state index in [2.05, 4.69) is 10.2 Å². The molecule has 0 unspecified atom stereocenters. The van der Waals surface area contributed by atoms with Crippen LogP contribution >= 0.6 is 0 Å². The Morgan fingerprint density at radius 1 is 1.13 bits per heavy atom. The summed E-state index contributed by atoms with van der Waals surface area (Å²) in [6.07, 6.45) is 0.771. The lowest BCUT2D eigenvalue weighted by molar-refractivity contribution is 0.924. The summed E-state index contributed by atoms with van der Waals surface area (Å²) < 4.78 is 1.10. The Balaban J connectivity index is 2.74. The second kappa shape index (κ2) is 3.61. The van der Waals surface area contributed by atoms with Crippen LogP contribution in [0, 0.1) is 0 Å². The first-order valence-corrected chi connectivity index (χ1v) is 4.72. The van der Waals surface area contributed by atoms with E-state index in [9.17, 15) is 9.59 Å². The molecule has 0 aliphatic rings. The van der Waals surface area contributed by atoms with Crippen molar-refractivity contribution < 1.29 is 0 Å². The van der Waals surface area contributed by atoms with Crippen LogP contribution in [0.4, 0.5) is 0 Å². The van der Waals surface area contributed by atoms with Crippen LogP contribution in [0.25, 0.3) is 5.69 Å². The standard InChI is InChI=1S/C10H11N3O2/c1-2-7-5-3-4-6-8(7)13-9(14)11-12-10(13)15/h3-6H,2H2,1H3,(H,11,14)(H,12,15). The van der Waals surface area contributed by atoms with E-state index >= 15 is 0 Å². The van der Waals surface area contributed by atoms with Crippen molar-refractivity contribution >= 4 is 0 Å². The number of para-hydroxylation sites is 1. The molecule has 0 saturated heterocycles. The normalized spacial score (nSPS) is 10.5. The van der Waals surface area contributed by atoms with Crippen molar-refractivity contribution in [1.82, 2.24) is 14.8 Å². The summed E-state index contributed by atoms with van der Waals surface area (Å²) in [4.78, 5) is 22.8. The highest BCUT2D eigenvalue weighted by atomic mass is 16.2. The molecule has 0 spiro atoms. The number of benzene rings is 1. The van der Waals surface area contributed by atoms with Crippen LogP contribution in [0.1, 0.15) is 12.5 Å². The van der Waals surface area contributed by atoms with Crippen LogP contribution in [-0.4, -0.2) is 14.8 Å². The predicted molar refractivity (Wildman–Crippen MR) is 56.4 cm³/mol. The zero-order valence-corrected chi connectivity index (χ0v) is 8.28. The Kier molecular flexibility index (Phi) is 2.29. The van der Waals surface area contributed by atoms with Crippen LogP contribution < -0.4 is 11.4 Å². The Morgan fingerprint density at radius 2 is 1.73 bits per heavy atom. The minimum atomic E-state index is -0.444. The third-order valence-corrected chi connectivity index (χ3v) is 2.30. The zero-order chi connectivity index (χ0) is 10.8. The molecule has 0 aliphatic heterocycles. The molecule has 2 aromatic rings. The largest absolute Gasteiger partial charge is 0.348 e. The molecule has 0 saturated carbocycles. The van der Waals surface area contributed by atoms with E-state index in [1.165, 1.54) is 0 Å². The van der Waals surface area contributed by atoms with Gasteiger partial charge in [-0.2, -0.15) is 0 Å². The first-order chi connectivity index (χ1) is 7.24. The van der Waals surface area contributed by atoms with E-state index in [0.717, 1.165) is 16.6 Å². The molecule has 1 aromatic carbocycles. The molecule has 1 aromatic heterocycles. The number of H-pyrrole nitrogens is 2. The topological polar surface area (TPSA) is 70.7 Å². The van der Waals surface area contributed by atoms with Gasteiger partial charge < -0.3 is 0 Å². The van der Waals surface area contributed by atoms with Crippen molar-refractivity contribution in [1.29, 1.82) is 0 Å². The van der Waals surface area contributed by atoms with Crippen molar-refractivity contribution in [3.8, 4) is 5.69 Å². The maximum atomic E-state index is 11.4. The van der Waals surface area contributed by atoms with Gasteiger partial charge in [-0.25, -0.2) is 24.4 Å². The van der Waals surface area contributed by atoms with E-state index in [4.69, 9.17) is 0 Å². The van der Waals surface area contributed by atoms with Crippen molar-refractivity contribution in [2.45, 2.75) is 13.3 Å². The summed E-state index contributed by atoms with van der Waals surface area (Å²) in [5.74, 6) is 0. The van der Waals surface area contributed by atoms with Gasteiger partial charge in [0.1, 0.15) is 0 Å². The van der Waals surface area contributed by atoms with Crippen molar-refractivity contribution in [3.63, 3.8) is 0 Å². The van der Waals surface area contributed by atoms with Gasteiger partial charge in [-0.05, 0) is 18.1 Å². The molecule has 2 rings (SSSR count). The second-order valence-electron chi connectivity index (χ2n) is 3.18. The summed E-state index contributed by atoms with van der Waals surface area (Å²) in [5.41, 5.74) is 0.707. The minimum absolute atomic E-state index is 0.444. The number of hydrogen-bond donors (Lipinski definition) is 2. The number of nitrogens with zero attached hydrogens (tertiary/aromatic N) is 1. The van der Waals surface area contributed by atoms with Crippen LogP contribution in [0.3, 0.4) is 0 Å². The van der Waals surface area contributed by atoms with E-state index in [0.29, 0.717) is 5.69 Å². The molecule has 0 radical (unpaired) electrons. The molecule has 15 heavy (non-hydrogen) atoms. The summed E-state index contributed by atoms with van der Waals surface area (Å²) in [6, 6.07) is 7.33. The smallest absolute Gasteiger partial charge is 0.247 e. The number of aromatic amines is 2. The van der Waals surface area contributed by atoms with Gasteiger partial charge in [0.2, 0.25) is 0 Å². The van der Waals surface area contributed by atoms with Crippen molar-refractivity contribution in [2.24, 2.45) is 0 Å². The maximum Gasteiger partial charge on any atom is 0.348 e. The van der Waals surface area contributed by atoms with Crippen molar-refractivity contribution in [3.05, 3.63) is 50.8 Å². The van der Waals surface area contributed by atoms with Gasteiger partial charge in [0.15, 0.2) is 0 Å². The third-order valence-electron chi connectivity index (χ3n) is 2.30. The average Bonchev–Trinajstić information content (AvgIpc) is 2.59. The highest BCUT2D eigenvalue weighted by molar-refractivity contribution is 5.40. The van der Waals surface area contributed by atoms with Crippen LogP contribution in [0.2, 0.25) is 0 Å². The molecule has 0 amide bonds. The Hall–Kier alpha value is -2.04. The average molecular weight is 205 g/mol. The Bertz CT molecular complexity index is 549. The SMILES string of the molecule is CCc1ccccc1-n1c(=O)[nH][nH]c1=O. The van der Waals surface area contributed by atoms with E-state index in [1.807, 2.05) is 19.1 Å². The lowest BCUT2D eigenvalue weighted by atomic mass is 10.1. The summed E-state index contributed by atoms with van der Waals surface area (Å²) in [7, 11) is 0. The van der Waals surface area contributed by atoms with Crippen molar-refractivity contribution in [2.75, 3.05) is 0 Å². The first-order valence-electron chi connectivity index (χ1n) is 4.72. The lowest BCUT2D eigenvalue weighted by Gasteiger charge is -2.04. The van der Waals surface area contributed by atoms with Gasteiger partial charge in [0, 0.05) is 0 Å². The molecule has 5 nitrogen and oxygen atoms in total. The summed E-state index contributed by atoms with van der Waals surface area (Å²) in [6.45, 7) is 1.98. The second-order valence-corrected chi connectivity index (χ2v) is 3.18. The van der Waals surface area contributed by atoms with E-state index in [1.54, 1.807) is 12.1 Å². The molecule has 0 fully saturated rings. The Morgan fingerprint density at radius 3 is 2.33 bits per heavy atom. The first kappa shape index (κ1) is 9.51. The van der Waals surface area contributed by atoms with E-state index < -0.39 is 11.4 Å².